The van der Waals surface area contributed by atoms with E-state index in [-0.39, 0.29) is 11.8 Å². The van der Waals surface area contributed by atoms with Gasteiger partial charge in [0, 0.05) is 51.5 Å². The molecule has 5 heteroatoms. The molecule has 0 spiro atoms. The summed E-state index contributed by atoms with van der Waals surface area (Å²) < 4.78 is 1.88. The zero-order chi connectivity index (χ0) is 14.1. The van der Waals surface area contributed by atoms with Gasteiger partial charge in [-0.2, -0.15) is 0 Å². The maximum Gasteiger partial charge on any atom is 0.255 e. The molecule has 0 radical (unpaired) electrons. The molecule has 1 aromatic rings. The zero-order valence-electron chi connectivity index (χ0n) is 11.9. The van der Waals surface area contributed by atoms with Gasteiger partial charge in [0.15, 0.2) is 0 Å². The summed E-state index contributed by atoms with van der Waals surface area (Å²) in [5.41, 5.74) is 0.731. The maximum absolute atomic E-state index is 12.4. The van der Waals surface area contributed by atoms with Crippen LogP contribution in [0.25, 0.3) is 0 Å². The van der Waals surface area contributed by atoms with Crippen molar-refractivity contribution in [2.24, 2.45) is 13.0 Å². The van der Waals surface area contributed by atoms with Gasteiger partial charge in [0.25, 0.3) is 5.91 Å². The Labute approximate surface area is 119 Å². The number of rotatable bonds is 2. The summed E-state index contributed by atoms with van der Waals surface area (Å²) in [5.74, 6) is 0.636. The Morgan fingerprint density at radius 1 is 1.10 bits per heavy atom. The average molecular weight is 275 g/mol. The first kappa shape index (κ1) is 13.2. The lowest BCUT2D eigenvalue weighted by molar-refractivity contribution is -0.132. The standard InChI is InChI=1S/C15H21N3O2/c1-16-8-5-13(11-16)15(20)18-7-2-6-17(9-10-18)14(19)12-3-4-12/h5,8,11-12H,2-4,6-7,9-10H2,1H3. The minimum atomic E-state index is 0.0753. The molecule has 1 aliphatic heterocycles. The average Bonchev–Trinajstić information content (AvgIpc) is 3.23. The highest BCUT2D eigenvalue weighted by Crippen LogP contribution is 2.31. The molecule has 5 nitrogen and oxygen atoms in total. The molecule has 20 heavy (non-hydrogen) atoms. The van der Waals surface area contributed by atoms with E-state index < -0.39 is 0 Å². The summed E-state index contributed by atoms with van der Waals surface area (Å²) in [6.45, 7) is 2.84. The van der Waals surface area contributed by atoms with Crippen molar-refractivity contribution in [2.45, 2.75) is 19.3 Å². The Hall–Kier alpha value is -1.78. The fourth-order valence-corrected chi connectivity index (χ4v) is 2.74. The van der Waals surface area contributed by atoms with Crippen LogP contribution in [-0.2, 0) is 11.8 Å². The third kappa shape index (κ3) is 2.71. The molecule has 2 amide bonds. The molecule has 1 aliphatic carbocycles. The van der Waals surface area contributed by atoms with Gasteiger partial charge in [-0.05, 0) is 25.3 Å². The van der Waals surface area contributed by atoms with E-state index in [9.17, 15) is 9.59 Å². The highest BCUT2D eigenvalue weighted by atomic mass is 16.2. The van der Waals surface area contributed by atoms with E-state index >= 15 is 0 Å². The first-order valence-electron chi connectivity index (χ1n) is 7.35. The molecular formula is C15H21N3O2. The van der Waals surface area contributed by atoms with Crippen molar-refractivity contribution < 1.29 is 9.59 Å². The van der Waals surface area contributed by atoms with Crippen LogP contribution in [0.2, 0.25) is 0 Å². The van der Waals surface area contributed by atoms with Crippen LogP contribution < -0.4 is 0 Å². The Morgan fingerprint density at radius 3 is 2.45 bits per heavy atom. The second kappa shape index (κ2) is 5.31. The van der Waals surface area contributed by atoms with Crippen LogP contribution in [0.4, 0.5) is 0 Å². The molecule has 3 rings (SSSR count). The van der Waals surface area contributed by atoms with Crippen LogP contribution in [0.1, 0.15) is 29.6 Å². The minimum Gasteiger partial charge on any atom is -0.356 e. The van der Waals surface area contributed by atoms with Gasteiger partial charge in [-0.1, -0.05) is 0 Å². The van der Waals surface area contributed by atoms with Gasteiger partial charge in [-0.15, -0.1) is 0 Å². The molecule has 0 unspecified atom stereocenters. The predicted octanol–water partition coefficient (Wildman–Crippen LogP) is 1.11. The van der Waals surface area contributed by atoms with Crippen LogP contribution in [0.5, 0.6) is 0 Å². The highest BCUT2D eigenvalue weighted by molar-refractivity contribution is 5.94. The van der Waals surface area contributed by atoms with E-state index in [2.05, 4.69) is 0 Å². The summed E-state index contributed by atoms with van der Waals surface area (Å²) in [7, 11) is 1.91. The fourth-order valence-electron chi connectivity index (χ4n) is 2.74. The molecular weight excluding hydrogens is 254 g/mol. The van der Waals surface area contributed by atoms with Crippen LogP contribution in [0.3, 0.4) is 0 Å². The second-order valence-electron chi connectivity index (χ2n) is 5.81. The predicted molar refractivity (Wildman–Crippen MR) is 75.2 cm³/mol. The summed E-state index contributed by atoms with van der Waals surface area (Å²) >= 11 is 0. The van der Waals surface area contributed by atoms with Crippen LogP contribution >= 0.6 is 0 Å². The van der Waals surface area contributed by atoms with Crippen molar-refractivity contribution in [1.82, 2.24) is 14.4 Å². The van der Waals surface area contributed by atoms with Gasteiger partial charge >= 0.3 is 0 Å². The quantitative estimate of drug-likeness (QED) is 0.811. The monoisotopic (exact) mass is 275 g/mol. The highest BCUT2D eigenvalue weighted by Gasteiger charge is 2.34. The van der Waals surface area contributed by atoms with E-state index in [1.807, 2.05) is 39.9 Å². The lowest BCUT2D eigenvalue weighted by Gasteiger charge is -2.22. The molecule has 2 fully saturated rings. The van der Waals surface area contributed by atoms with E-state index in [4.69, 9.17) is 0 Å². The number of hydrogen-bond acceptors (Lipinski definition) is 2. The van der Waals surface area contributed by atoms with Crippen molar-refractivity contribution in [3.8, 4) is 0 Å². The number of aromatic nitrogens is 1. The molecule has 108 valence electrons. The van der Waals surface area contributed by atoms with Gasteiger partial charge in [0.2, 0.25) is 5.91 Å². The molecule has 1 aromatic heterocycles. The summed E-state index contributed by atoms with van der Waals surface area (Å²) in [5, 5.41) is 0. The number of hydrogen-bond donors (Lipinski definition) is 0. The van der Waals surface area contributed by atoms with Gasteiger partial charge in [0.05, 0.1) is 5.56 Å². The van der Waals surface area contributed by atoms with Crippen molar-refractivity contribution in [2.75, 3.05) is 26.2 Å². The summed E-state index contributed by atoms with van der Waals surface area (Å²) in [6.07, 6.45) is 6.69. The number of amides is 2. The van der Waals surface area contributed by atoms with Gasteiger partial charge in [0.1, 0.15) is 0 Å². The van der Waals surface area contributed by atoms with Crippen molar-refractivity contribution >= 4 is 11.8 Å². The molecule has 1 saturated heterocycles. The molecule has 0 atom stereocenters. The third-order valence-electron chi connectivity index (χ3n) is 4.10. The first-order valence-corrected chi connectivity index (χ1v) is 7.35. The van der Waals surface area contributed by atoms with E-state index in [0.717, 1.165) is 37.9 Å². The van der Waals surface area contributed by atoms with E-state index in [1.165, 1.54) is 0 Å². The Bertz CT molecular complexity index is 519. The largest absolute Gasteiger partial charge is 0.356 e. The molecule has 1 saturated carbocycles. The number of aryl methyl sites for hydroxylation is 1. The fraction of sp³-hybridized carbons (Fsp3) is 0.600. The Balaban J connectivity index is 1.61. The topological polar surface area (TPSA) is 45.6 Å². The first-order chi connectivity index (χ1) is 9.65. The number of nitrogens with zero attached hydrogens (tertiary/aromatic N) is 3. The van der Waals surface area contributed by atoms with E-state index in [1.54, 1.807) is 0 Å². The molecule has 2 heterocycles. The molecule has 0 aromatic carbocycles. The maximum atomic E-state index is 12.4. The second-order valence-corrected chi connectivity index (χ2v) is 5.81. The Kier molecular flexibility index (Phi) is 3.51. The third-order valence-corrected chi connectivity index (χ3v) is 4.10. The van der Waals surface area contributed by atoms with Crippen LogP contribution in [-0.4, -0.2) is 52.4 Å². The van der Waals surface area contributed by atoms with Crippen molar-refractivity contribution in [3.05, 3.63) is 24.0 Å². The lowest BCUT2D eigenvalue weighted by atomic mass is 10.3. The SMILES string of the molecule is Cn1ccc(C(=O)N2CCCN(C(=O)C3CC3)CC2)c1. The molecule has 0 N–H and O–H groups in total. The number of carbonyl (C=O) groups excluding carboxylic acids is 2. The Morgan fingerprint density at radius 2 is 1.80 bits per heavy atom. The minimum absolute atomic E-state index is 0.0753. The van der Waals surface area contributed by atoms with E-state index in [0.29, 0.717) is 19.0 Å². The van der Waals surface area contributed by atoms with Crippen LogP contribution in [0.15, 0.2) is 18.5 Å². The normalized spacial score (nSPS) is 19.9. The summed E-state index contributed by atoms with van der Waals surface area (Å²) in [6, 6.07) is 1.85. The van der Waals surface area contributed by atoms with Crippen molar-refractivity contribution in [1.29, 1.82) is 0 Å². The zero-order valence-corrected chi connectivity index (χ0v) is 11.9. The molecule has 0 bridgehead atoms. The van der Waals surface area contributed by atoms with Crippen LogP contribution in [0, 0.1) is 5.92 Å². The van der Waals surface area contributed by atoms with Gasteiger partial charge < -0.3 is 14.4 Å². The number of carbonyl (C=O) groups is 2. The smallest absolute Gasteiger partial charge is 0.255 e. The lowest BCUT2D eigenvalue weighted by Crippen LogP contribution is -2.37. The summed E-state index contributed by atoms with van der Waals surface area (Å²) in [4.78, 5) is 28.3. The van der Waals surface area contributed by atoms with Gasteiger partial charge in [-0.25, -0.2) is 0 Å². The molecule has 2 aliphatic rings. The van der Waals surface area contributed by atoms with Gasteiger partial charge in [-0.3, -0.25) is 9.59 Å². The van der Waals surface area contributed by atoms with Crippen molar-refractivity contribution in [3.63, 3.8) is 0 Å².